The standard InChI is InChI=1S/C17H22N2O4/c1-23-16(21)14(9-20)18-17(22)19-15-12-6-2-4-10(12)8-11-5-3-7-13(11)15/h8,14,20H,2-7,9H2,1H3,(H2,18,19,22)/t14-/m1/s1. The molecular weight excluding hydrogens is 296 g/mol. The number of hydrogen-bond donors (Lipinski definition) is 3. The lowest BCUT2D eigenvalue weighted by Gasteiger charge is -2.18. The Hall–Kier alpha value is -2.08. The first-order chi connectivity index (χ1) is 11.1. The van der Waals surface area contributed by atoms with Crippen molar-refractivity contribution in [2.24, 2.45) is 0 Å². The van der Waals surface area contributed by atoms with Gasteiger partial charge < -0.3 is 20.5 Å². The molecule has 124 valence electrons. The van der Waals surface area contributed by atoms with Crippen LogP contribution in [0.5, 0.6) is 0 Å². The third-order valence-electron chi connectivity index (χ3n) is 4.69. The van der Waals surface area contributed by atoms with Crippen LogP contribution in [0.1, 0.15) is 35.1 Å². The molecular formula is C17H22N2O4. The number of aryl methyl sites for hydroxylation is 2. The molecule has 0 aromatic heterocycles. The topological polar surface area (TPSA) is 87.7 Å². The number of benzene rings is 1. The molecule has 23 heavy (non-hydrogen) atoms. The highest BCUT2D eigenvalue weighted by molar-refractivity contribution is 5.94. The van der Waals surface area contributed by atoms with Crippen LogP contribution in [-0.2, 0) is 35.2 Å². The van der Waals surface area contributed by atoms with E-state index in [0.29, 0.717) is 0 Å². The van der Waals surface area contributed by atoms with E-state index >= 15 is 0 Å². The molecule has 2 amide bonds. The van der Waals surface area contributed by atoms with Gasteiger partial charge in [-0.1, -0.05) is 6.07 Å². The smallest absolute Gasteiger partial charge is 0.330 e. The summed E-state index contributed by atoms with van der Waals surface area (Å²) in [6.45, 7) is -0.495. The van der Waals surface area contributed by atoms with Crippen LogP contribution in [0.25, 0.3) is 0 Å². The van der Waals surface area contributed by atoms with E-state index in [1.165, 1.54) is 29.4 Å². The first-order valence-electron chi connectivity index (χ1n) is 8.06. The number of esters is 1. The average molecular weight is 318 g/mol. The van der Waals surface area contributed by atoms with Gasteiger partial charge in [0.25, 0.3) is 0 Å². The fraction of sp³-hybridized carbons (Fsp3) is 0.529. The van der Waals surface area contributed by atoms with Crippen LogP contribution in [-0.4, -0.2) is 36.9 Å². The van der Waals surface area contributed by atoms with Crippen LogP contribution in [0.4, 0.5) is 10.5 Å². The van der Waals surface area contributed by atoms with E-state index in [-0.39, 0.29) is 0 Å². The number of rotatable bonds is 4. The van der Waals surface area contributed by atoms with Crippen LogP contribution in [0.2, 0.25) is 0 Å². The Kier molecular flexibility index (Phi) is 4.52. The molecule has 0 radical (unpaired) electrons. The van der Waals surface area contributed by atoms with Gasteiger partial charge in [-0.2, -0.15) is 0 Å². The number of aliphatic hydroxyl groups is 1. The van der Waals surface area contributed by atoms with E-state index in [2.05, 4.69) is 21.4 Å². The maximum atomic E-state index is 12.3. The first kappa shape index (κ1) is 15.8. The Bertz CT molecular complexity index is 610. The van der Waals surface area contributed by atoms with E-state index < -0.39 is 24.6 Å². The van der Waals surface area contributed by atoms with Crippen molar-refractivity contribution in [1.82, 2.24) is 5.32 Å². The molecule has 0 bridgehead atoms. The minimum absolute atomic E-state index is 0.483. The van der Waals surface area contributed by atoms with Gasteiger partial charge >= 0.3 is 12.0 Å². The van der Waals surface area contributed by atoms with Gasteiger partial charge in [-0.25, -0.2) is 9.59 Å². The van der Waals surface area contributed by atoms with Crippen LogP contribution in [0.3, 0.4) is 0 Å². The molecule has 0 saturated heterocycles. The number of aliphatic hydroxyl groups excluding tert-OH is 1. The van der Waals surface area contributed by atoms with Gasteiger partial charge in [0.05, 0.1) is 13.7 Å². The molecule has 6 nitrogen and oxygen atoms in total. The number of hydrogen-bond acceptors (Lipinski definition) is 4. The number of methoxy groups -OCH3 is 1. The number of carbonyl (C=O) groups is 2. The van der Waals surface area contributed by atoms with E-state index in [1.807, 2.05) is 0 Å². The maximum absolute atomic E-state index is 12.3. The Morgan fingerprint density at radius 3 is 2.30 bits per heavy atom. The maximum Gasteiger partial charge on any atom is 0.330 e. The zero-order valence-corrected chi connectivity index (χ0v) is 13.3. The Morgan fingerprint density at radius 1 is 1.17 bits per heavy atom. The highest BCUT2D eigenvalue weighted by atomic mass is 16.5. The minimum atomic E-state index is -1.05. The number of fused-ring (bicyclic) bond motifs is 2. The van der Waals surface area contributed by atoms with E-state index in [4.69, 9.17) is 0 Å². The van der Waals surface area contributed by atoms with Gasteiger partial charge in [0, 0.05) is 5.69 Å². The Labute approximate surface area is 135 Å². The number of anilines is 1. The lowest BCUT2D eigenvalue weighted by atomic mass is 9.99. The zero-order valence-electron chi connectivity index (χ0n) is 13.3. The SMILES string of the molecule is COC(=O)[C@@H](CO)NC(=O)Nc1c2c(cc3c1CCC3)CCC2. The normalized spacial score (nSPS) is 16.4. The summed E-state index contributed by atoms with van der Waals surface area (Å²) >= 11 is 0. The lowest BCUT2D eigenvalue weighted by molar-refractivity contribution is -0.143. The van der Waals surface area contributed by atoms with Crippen molar-refractivity contribution in [3.05, 3.63) is 28.3 Å². The molecule has 0 saturated carbocycles. The van der Waals surface area contributed by atoms with Gasteiger partial charge in [-0.15, -0.1) is 0 Å². The second kappa shape index (κ2) is 6.58. The zero-order chi connectivity index (χ0) is 16.4. The van der Waals surface area contributed by atoms with Gasteiger partial charge in [-0.05, 0) is 60.8 Å². The van der Waals surface area contributed by atoms with Crippen LogP contribution in [0.15, 0.2) is 6.07 Å². The molecule has 2 aliphatic carbocycles. The second-order valence-electron chi connectivity index (χ2n) is 6.09. The molecule has 0 aliphatic heterocycles. The van der Waals surface area contributed by atoms with Crippen LogP contribution in [0, 0.1) is 0 Å². The summed E-state index contributed by atoms with van der Waals surface area (Å²) in [4.78, 5) is 23.7. The number of carbonyl (C=O) groups excluding carboxylic acids is 2. The summed E-state index contributed by atoms with van der Waals surface area (Å²) < 4.78 is 4.56. The lowest BCUT2D eigenvalue weighted by Crippen LogP contribution is -2.46. The van der Waals surface area contributed by atoms with Crippen molar-refractivity contribution < 1.29 is 19.4 Å². The molecule has 3 rings (SSSR count). The molecule has 0 unspecified atom stereocenters. The molecule has 0 fully saturated rings. The van der Waals surface area contributed by atoms with E-state index in [9.17, 15) is 14.7 Å². The second-order valence-corrected chi connectivity index (χ2v) is 6.09. The average Bonchev–Trinajstić information content (AvgIpc) is 3.20. The minimum Gasteiger partial charge on any atom is -0.467 e. The van der Waals surface area contributed by atoms with Crippen LogP contribution < -0.4 is 10.6 Å². The van der Waals surface area contributed by atoms with Crippen molar-refractivity contribution in [3.63, 3.8) is 0 Å². The molecule has 1 aromatic carbocycles. The van der Waals surface area contributed by atoms with E-state index in [0.717, 1.165) is 44.2 Å². The molecule has 6 heteroatoms. The highest BCUT2D eigenvalue weighted by Crippen LogP contribution is 2.38. The number of urea groups is 1. The number of amides is 2. The summed E-state index contributed by atoms with van der Waals surface area (Å²) in [7, 11) is 1.22. The molecule has 2 aliphatic rings. The Balaban J connectivity index is 1.80. The summed E-state index contributed by atoms with van der Waals surface area (Å²) in [6, 6.07) is 0.757. The van der Waals surface area contributed by atoms with Gasteiger partial charge in [0.1, 0.15) is 0 Å². The summed E-state index contributed by atoms with van der Waals surface area (Å²) in [5, 5.41) is 14.6. The Morgan fingerprint density at radius 2 is 1.78 bits per heavy atom. The van der Waals surface area contributed by atoms with Crippen molar-refractivity contribution in [3.8, 4) is 0 Å². The number of ether oxygens (including phenoxy) is 1. The van der Waals surface area contributed by atoms with Crippen molar-refractivity contribution in [1.29, 1.82) is 0 Å². The van der Waals surface area contributed by atoms with Crippen molar-refractivity contribution in [2.45, 2.75) is 44.6 Å². The van der Waals surface area contributed by atoms with Crippen molar-refractivity contribution in [2.75, 3.05) is 19.0 Å². The summed E-state index contributed by atoms with van der Waals surface area (Å²) in [6.07, 6.45) is 6.27. The molecule has 3 N–H and O–H groups in total. The first-order valence-corrected chi connectivity index (χ1v) is 8.06. The predicted octanol–water partition coefficient (Wildman–Crippen LogP) is 1.32. The van der Waals surface area contributed by atoms with Crippen LogP contribution >= 0.6 is 0 Å². The molecule has 0 heterocycles. The molecule has 1 atom stereocenters. The molecule has 1 aromatic rings. The summed E-state index contributed by atoms with van der Waals surface area (Å²) in [5.74, 6) is -0.661. The third kappa shape index (κ3) is 3.03. The van der Waals surface area contributed by atoms with Gasteiger partial charge in [0.15, 0.2) is 6.04 Å². The fourth-order valence-corrected chi connectivity index (χ4v) is 3.60. The predicted molar refractivity (Wildman–Crippen MR) is 85.5 cm³/mol. The third-order valence-corrected chi connectivity index (χ3v) is 4.69. The van der Waals surface area contributed by atoms with E-state index in [1.54, 1.807) is 0 Å². The van der Waals surface area contributed by atoms with Crippen molar-refractivity contribution >= 4 is 17.7 Å². The fourth-order valence-electron chi connectivity index (χ4n) is 3.60. The summed E-state index contributed by atoms with van der Waals surface area (Å²) in [5.41, 5.74) is 6.01. The highest BCUT2D eigenvalue weighted by Gasteiger charge is 2.26. The monoisotopic (exact) mass is 318 g/mol. The number of nitrogens with one attached hydrogen (secondary N) is 2. The van der Waals surface area contributed by atoms with Gasteiger partial charge in [-0.3, -0.25) is 0 Å². The molecule has 0 spiro atoms. The largest absolute Gasteiger partial charge is 0.467 e. The quantitative estimate of drug-likeness (QED) is 0.731. The van der Waals surface area contributed by atoms with Gasteiger partial charge in [0.2, 0.25) is 0 Å².